The minimum atomic E-state index is -0.435. The van der Waals surface area contributed by atoms with Crippen LogP contribution in [-0.2, 0) is 10.3 Å². The van der Waals surface area contributed by atoms with Gasteiger partial charge in [0.2, 0.25) is 0 Å². The quantitative estimate of drug-likeness (QED) is 0.558. The summed E-state index contributed by atoms with van der Waals surface area (Å²) >= 11 is 11.8. The molecule has 2 aromatic rings. The van der Waals surface area contributed by atoms with E-state index >= 15 is 0 Å². The number of halogens is 1. The maximum Gasteiger partial charge on any atom is 0.339 e. The average molecular weight is 404 g/mol. The van der Waals surface area contributed by atoms with Crippen molar-refractivity contribution in [3.05, 3.63) is 58.9 Å². The Hall–Kier alpha value is -2.18. The number of aromatic nitrogens is 1. The number of nitrogens with one attached hydrogen (secondary N) is 2. The number of carbonyl (C=O) groups excluding carboxylic acids is 1. The van der Waals surface area contributed by atoms with Crippen molar-refractivity contribution in [2.75, 3.05) is 11.9 Å². The van der Waals surface area contributed by atoms with Crippen LogP contribution < -0.4 is 10.6 Å². The smallest absolute Gasteiger partial charge is 0.339 e. The molecule has 0 unspecified atom stereocenters. The Labute approximate surface area is 169 Å². The van der Waals surface area contributed by atoms with E-state index in [1.54, 1.807) is 31.3 Å². The molecule has 1 aromatic heterocycles. The molecule has 1 aliphatic carbocycles. The number of ether oxygens (including phenoxy) is 1. The molecule has 3 rings (SSSR count). The van der Waals surface area contributed by atoms with Crippen LogP contribution in [0.1, 0.15) is 48.7 Å². The predicted octanol–water partition coefficient (Wildman–Crippen LogP) is 4.67. The lowest BCUT2D eigenvalue weighted by atomic mass is 9.93. The van der Waals surface area contributed by atoms with Gasteiger partial charge in [0.1, 0.15) is 0 Å². The third-order valence-electron chi connectivity index (χ3n) is 4.69. The maximum atomic E-state index is 11.9. The van der Waals surface area contributed by atoms with E-state index < -0.39 is 5.97 Å². The molecular formula is C20H22ClN3O2S. The highest BCUT2D eigenvalue weighted by Crippen LogP contribution is 2.37. The zero-order valence-electron chi connectivity index (χ0n) is 15.1. The minimum absolute atomic E-state index is 0.250. The molecule has 0 spiro atoms. The Kier molecular flexibility index (Phi) is 6.29. The third-order valence-corrected chi connectivity index (χ3v) is 5.20. The summed E-state index contributed by atoms with van der Waals surface area (Å²) < 4.78 is 4.99. The van der Waals surface area contributed by atoms with E-state index in [2.05, 4.69) is 15.6 Å². The van der Waals surface area contributed by atoms with E-state index in [0.29, 0.717) is 28.0 Å². The fourth-order valence-corrected chi connectivity index (χ4v) is 3.99. The Bertz CT molecular complexity index is 823. The Morgan fingerprint density at radius 3 is 2.70 bits per heavy atom. The Morgan fingerprint density at radius 2 is 2.07 bits per heavy atom. The van der Waals surface area contributed by atoms with Gasteiger partial charge in [-0.3, -0.25) is 4.98 Å². The topological polar surface area (TPSA) is 63.2 Å². The monoisotopic (exact) mass is 403 g/mol. The van der Waals surface area contributed by atoms with Crippen LogP contribution in [0.4, 0.5) is 5.69 Å². The summed E-state index contributed by atoms with van der Waals surface area (Å²) in [5.74, 6) is -0.435. The van der Waals surface area contributed by atoms with Crippen LogP contribution in [0.15, 0.2) is 42.6 Å². The Morgan fingerprint density at radius 1 is 1.30 bits per heavy atom. The van der Waals surface area contributed by atoms with E-state index in [0.717, 1.165) is 31.4 Å². The van der Waals surface area contributed by atoms with Crippen LogP contribution in [0.2, 0.25) is 5.02 Å². The molecule has 0 atom stereocenters. The second kappa shape index (κ2) is 8.67. The van der Waals surface area contributed by atoms with Gasteiger partial charge in [-0.05, 0) is 62.3 Å². The molecule has 1 heterocycles. The first kappa shape index (κ1) is 19.6. The number of nitrogens with zero attached hydrogens (tertiary/aromatic N) is 1. The normalized spacial score (nSPS) is 15.2. The molecule has 0 saturated heterocycles. The van der Waals surface area contributed by atoms with Crippen molar-refractivity contribution in [1.82, 2.24) is 10.3 Å². The predicted molar refractivity (Wildman–Crippen MR) is 111 cm³/mol. The molecule has 1 aromatic carbocycles. The van der Waals surface area contributed by atoms with Gasteiger partial charge in [-0.2, -0.15) is 0 Å². The largest absolute Gasteiger partial charge is 0.462 e. The number of esters is 1. The zero-order chi connectivity index (χ0) is 19.3. The van der Waals surface area contributed by atoms with Crippen LogP contribution in [0.5, 0.6) is 0 Å². The molecule has 0 aliphatic heterocycles. The van der Waals surface area contributed by atoms with E-state index in [-0.39, 0.29) is 5.54 Å². The van der Waals surface area contributed by atoms with Gasteiger partial charge in [-0.15, -0.1) is 0 Å². The van der Waals surface area contributed by atoms with Crippen molar-refractivity contribution in [2.24, 2.45) is 0 Å². The van der Waals surface area contributed by atoms with Crippen LogP contribution in [0.3, 0.4) is 0 Å². The molecule has 1 saturated carbocycles. The molecular weight excluding hydrogens is 382 g/mol. The van der Waals surface area contributed by atoms with Gasteiger partial charge in [-0.25, -0.2) is 4.79 Å². The van der Waals surface area contributed by atoms with Crippen molar-refractivity contribution in [3.8, 4) is 0 Å². The van der Waals surface area contributed by atoms with Gasteiger partial charge < -0.3 is 15.4 Å². The number of hydrogen-bond acceptors (Lipinski definition) is 4. The number of pyridine rings is 1. The minimum Gasteiger partial charge on any atom is -0.462 e. The molecule has 0 amide bonds. The van der Waals surface area contributed by atoms with Gasteiger partial charge in [0, 0.05) is 11.9 Å². The second-order valence-electron chi connectivity index (χ2n) is 6.50. The van der Waals surface area contributed by atoms with Crippen LogP contribution in [0, 0.1) is 0 Å². The summed E-state index contributed by atoms with van der Waals surface area (Å²) in [5, 5.41) is 7.44. The first-order valence-corrected chi connectivity index (χ1v) is 9.80. The van der Waals surface area contributed by atoms with Crippen molar-refractivity contribution in [1.29, 1.82) is 0 Å². The molecule has 5 nitrogen and oxygen atoms in total. The lowest BCUT2D eigenvalue weighted by Crippen LogP contribution is -2.46. The summed E-state index contributed by atoms with van der Waals surface area (Å²) in [7, 11) is 0. The van der Waals surface area contributed by atoms with Crippen LogP contribution in [0.25, 0.3) is 0 Å². The van der Waals surface area contributed by atoms with Gasteiger partial charge >= 0.3 is 5.97 Å². The first-order chi connectivity index (χ1) is 13.0. The third kappa shape index (κ3) is 4.57. The molecule has 142 valence electrons. The standard InChI is InChI=1S/C20H22ClN3O2S/c1-2-26-18(25)15-9-8-14(13-16(15)21)23-19(27)24-20(10-4-5-11-20)17-7-3-6-12-22-17/h3,6-9,12-13H,2,4-5,10-11H2,1H3,(H2,23,24,27). The molecule has 1 aliphatic rings. The summed E-state index contributed by atoms with van der Waals surface area (Å²) in [6.07, 6.45) is 6.03. The van der Waals surface area contributed by atoms with Crippen molar-refractivity contribution in [2.45, 2.75) is 38.1 Å². The molecule has 2 N–H and O–H groups in total. The van der Waals surface area contributed by atoms with Gasteiger partial charge in [-0.1, -0.05) is 30.5 Å². The number of anilines is 1. The molecule has 27 heavy (non-hydrogen) atoms. The first-order valence-electron chi connectivity index (χ1n) is 9.01. The number of benzene rings is 1. The number of carbonyl (C=O) groups is 1. The Balaban J connectivity index is 1.72. The second-order valence-corrected chi connectivity index (χ2v) is 7.31. The SMILES string of the molecule is CCOC(=O)c1ccc(NC(=S)NC2(c3ccccn3)CCCC2)cc1Cl. The molecule has 7 heteroatoms. The van der Waals surface area contributed by atoms with Gasteiger partial charge in [0.05, 0.1) is 28.4 Å². The molecule has 0 bridgehead atoms. The molecule has 0 radical (unpaired) electrons. The summed E-state index contributed by atoms with van der Waals surface area (Å²) in [5.41, 5.74) is 1.80. The zero-order valence-corrected chi connectivity index (χ0v) is 16.7. The lowest BCUT2D eigenvalue weighted by molar-refractivity contribution is 0.0526. The summed E-state index contributed by atoms with van der Waals surface area (Å²) in [6.45, 7) is 2.06. The van der Waals surface area contributed by atoms with Gasteiger partial charge in [0.25, 0.3) is 0 Å². The summed E-state index contributed by atoms with van der Waals surface area (Å²) in [4.78, 5) is 16.4. The average Bonchev–Trinajstić information content (AvgIpc) is 3.12. The fraction of sp³-hybridized carbons (Fsp3) is 0.350. The van der Waals surface area contributed by atoms with Gasteiger partial charge in [0.15, 0.2) is 5.11 Å². The summed E-state index contributed by atoms with van der Waals surface area (Å²) in [6, 6.07) is 11.0. The van der Waals surface area contributed by atoms with E-state index in [9.17, 15) is 4.79 Å². The maximum absolute atomic E-state index is 11.9. The van der Waals surface area contributed by atoms with Crippen molar-refractivity contribution in [3.63, 3.8) is 0 Å². The van der Waals surface area contributed by atoms with Crippen LogP contribution in [-0.4, -0.2) is 22.7 Å². The number of hydrogen-bond donors (Lipinski definition) is 2. The number of thiocarbonyl (C=S) groups is 1. The highest BCUT2D eigenvalue weighted by Gasteiger charge is 2.37. The van der Waals surface area contributed by atoms with E-state index in [1.807, 2.05) is 18.2 Å². The number of rotatable bonds is 5. The van der Waals surface area contributed by atoms with E-state index in [1.165, 1.54) is 0 Å². The van der Waals surface area contributed by atoms with Crippen molar-refractivity contribution < 1.29 is 9.53 Å². The highest BCUT2D eigenvalue weighted by atomic mass is 35.5. The molecule has 1 fully saturated rings. The fourth-order valence-electron chi connectivity index (χ4n) is 3.42. The van der Waals surface area contributed by atoms with E-state index in [4.69, 9.17) is 28.6 Å². The van der Waals surface area contributed by atoms with Crippen molar-refractivity contribution >= 4 is 40.6 Å². The lowest BCUT2D eigenvalue weighted by Gasteiger charge is -2.31. The van der Waals surface area contributed by atoms with Crippen LogP contribution >= 0.6 is 23.8 Å². The highest BCUT2D eigenvalue weighted by molar-refractivity contribution is 7.80.